The molecular weight excluding hydrogens is 226 g/mol. The van der Waals surface area contributed by atoms with Gasteiger partial charge in [0, 0.05) is 37.0 Å². The van der Waals surface area contributed by atoms with Crippen LogP contribution in [-0.4, -0.2) is 23.6 Å². The SMILES string of the molecule is CC(C)CCOCCn1ccc2c1CCCC2=O. The van der Waals surface area contributed by atoms with Gasteiger partial charge in [0.25, 0.3) is 0 Å². The van der Waals surface area contributed by atoms with Crippen molar-refractivity contribution in [2.45, 2.75) is 46.1 Å². The summed E-state index contributed by atoms with van der Waals surface area (Å²) in [5.74, 6) is 0.998. The minimum absolute atomic E-state index is 0.302. The maximum Gasteiger partial charge on any atom is 0.164 e. The third-order valence-corrected chi connectivity index (χ3v) is 3.51. The molecule has 0 bridgehead atoms. The molecule has 0 N–H and O–H groups in total. The number of carbonyl (C=O) groups excluding carboxylic acids is 1. The lowest BCUT2D eigenvalue weighted by molar-refractivity contribution is 0.0969. The lowest BCUT2D eigenvalue weighted by Crippen LogP contribution is -2.15. The highest BCUT2D eigenvalue weighted by Gasteiger charge is 2.20. The molecule has 3 heteroatoms. The van der Waals surface area contributed by atoms with Gasteiger partial charge in [0.15, 0.2) is 5.78 Å². The van der Waals surface area contributed by atoms with Gasteiger partial charge in [0.05, 0.1) is 6.61 Å². The zero-order valence-electron chi connectivity index (χ0n) is 11.4. The second-order valence-corrected chi connectivity index (χ2v) is 5.44. The summed E-state index contributed by atoms with van der Waals surface area (Å²) >= 11 is 0. The van der Waals surface area contributed by atoms with E-state index in [-0.39, 0.29) is 0 Å². The van der Waals surface area contributed by atoms with E-state index in [9.17, 15) is 4.79 Å². The van der Waals surface area contributed by atoms with Crippen LogP contribution in [0.4, 0.5) is 0 Å². The highest BCUT2D eigenvalue weighted by Crippen LogP contribution is 2.22. The number of hydrogen-bond donors (Lipinski definition) is 0. The van der Waals surface area contributed by atoms with Crippen LogP contribution in [0.3, 0.4) is 0 Å². The summed E-state index contributed by atoms with van der Waals surface area (Å²) in [6.07, 6.45) is 5.87. The summed E-state index contributed by atoms with van der Waals surface area (Å²) in [7, 11) is 0. The van der Waals surface area contributed by atoms with E-state index in [1.54, 1.807) is 0 Å². The molecular formula is C15H23NO2. The number of aromatic nitrogens is 1. The topological polar surface area (TPSA) is 31.2 Å². The van der Waals surface area contributed by atoms with Gasteiger partial charge >= 0.3 is 0 Å². The number of fused-ring (bicyclic) bond motifs is 1. The molecule has 0 saturated heterocycles. The van der Waals surface area contributed by atoms with Crippen molar-refractivity contribution in [2.75, 3.05) is 13.2 Å². The first kappa shape index (κ1) is 13.3. The van der Waals surface area contributed by atoms with Gasteiger partial charge in [-0.15, -0.1) is 0 Å². The quantitative estimate of drug-likeness (QED) is 0.725. The molecule has 1 aromatic rings. The Labute approximate surface area is 109 Å². The summed E-state index contributed by atoms with van der Waals surface area (Å²) < 4.78 is 7.81. The van der Waals surface area contributed by atoms with Gasteiger partial charge in [-0.3, -0.25) is 4.79 Å². The van der Waals surface area contributed by atoms with E-state index in [2.05, 4.69) is 18.4 Å². The fourth-order valence-corrected chi connectivity index (χ4v) is 2.38. The Morgan fingerprint density at radius 2 is 2.17 bits per heavy atom. The normalized spacial score (nSPS) is 15.2. The fraction of sp³-hybridized carbons (Fsp3) is 0.667. The smallest absolute Gasteiger partial charge is 0.164 e. The van der Waals surface area contributed by atoms with Crippen LogP contribution in [0.15, 0.2) is 12.3 Å². The van der Waals surface area contributed by atoms with Crippen molar-refractivity contribution in [3.05, 3.63) is 23.5 Å². The number of Topliss-reactive ketones (excluding diaryl/α,β-unsaturated/α-hetero) is 1. The average Bonchev–Trinajstić information content (AvgIpc) is 2.73. The second kappa shape index (κ2) is 6.19. The first-order valence-corrected chi connectivity index (χ1v) is 6.97. The molecule has 0 spiro atoms. The van der Waals surface area contributed by atoms with Gasteiger partial charge in [0.2, 0.25) is 0 Å². The number of carbonyl (C=O) groups is 1. The van der Waals surface area contributed by atoms with Crippen molar-refractivity contribution in [2.24, 2.45) is 5.92 Å². The van der Waals surface area contributed by atoms with Crippen LogP contribution in [0.1, 0.15) is 49.2 Å². The van der Waals surface area contributed by atoms with E-state index in [0.29, 0.717) is 18.1 Å². The van der Waals surface area contributed by atoms with Gasteiger partial charge in [-0.2, -0.15) is 0 Å². The van der Waals surface area contributed by atoms with Crippen molar-refractivity contribution in [1.82, 2.24) is 4.57 Å². The fourth-order valence-electron chi connectivity index (χ4n) is 2.38. The molecule has 18 heavy (non-hydrogen) atoms. The Hall–Kier alpha value is -1.09. The molecule has 3 nitrogen and oxygen atoms in total. The molecule has 1 aliphatic carbocycles. The van der Waals surface area contributed by atoms with Gasteiger partial charge in [-0.05, 0) is 31.2 Å². The summed E-state index contributed by atoms with van der Waals surface area (Å²) in [4.78, 5) is 11.7. The lowest BCUT2D eigenvalue weighted by atomic mass is 9.97. The summed E-state index contributed by atoms with van der Waals surface area (Å²) in [5.41, 5.74) is 2.14. The lowest BCUT2D eigenvalue weighted by Gasteiger charge is -2.15. The highest BCUT2D eigenvalue weighted by atomic mass is 16.5. The maximum absolute atomic E-state index is 11.7. The minimum Gasteiger partial charge on any atom is -0.380 e. The number of ketones is 1. The molecule has 0 atom stereocenters. The largest absolute Gasteiger partial charge is 0.380 e. The van der Waals surface area contributed by atoms with Crippen LogP contribution in [0.25, 0.3) is 0 Å². The average molecular weight is 249 g/mol. The molecule has 2 rings (SSSR count). The van der Waals surface area contributed by atoms with Gasteiger partial charge < -0.3 is 9.30 Å². The number of ether oxygens (including phenoxy) is 1. The van der Waals surface area contributed by atoms with Gasteiger partial charge in [0.1, 0.15) is 0 Å². The Morgan fingerprint density at radius 1 is 1.33 bits per heavy atom. The number of hydrogen-bond acceptors (Lipinski definition) is 2. The molecule has 100 valence electrons. The van der Waals surface area contributed by atoms with Crippen molar-refractivity contribution < 1.29 is 9.53 Å². The zero-order chi connectivity index (χ0) is 13.0. The van der Waals surface area contributed by atoms with Crippen LogP contribution < -0.4 is 0 Å². The van der Waals surface area contributed by atoms with Gasteiger partial charge in [-0.1, -0.05) is 13.8 Å². The predicted octanol–water partition coefficient (Wildman–Crippen LogP) is 3.07. The standard InChI is InChI=1S/C15H23NO2/c1-12(2)7-10-18-11-9-16-8-6-13-14(16)4-3-5-15(13)17/h6,8,12H,3-5,7,9-11H2,1-2H3. The molecule has 0 amide bonds. The van der Waals surface area contributed by atoms with Crippen molar-refractivity contribution in [1.29, 1.82) is 0 Å². The molecule has 0 unspecified atom stereocenters. The van der Waals surface area contributed by atoms with Crippen LogP contribution in [-0.2, 0) is 17.7 Å². The zero-order valence-corrected chi connectivity index (χ0v) is 11.4. The summed E-state index contributed by atoms with van der Waals surface area (Å²) in [6, 6.07) is 1.96. The molecule has 0 aliphatic heterocycles. The van der Waals surface area contributed by atoms with E-state index in [1.165, 1.54) is 5.69 Å². The van der Waals surface area contributed by atoms with Crippen LogP contribution >= 0.6 is 0 Å². The third-order valence-electron chi connectivity index (χ3n) is 3.51. The monoisotopic (exact) mass is 249 g/mol. The molecule has 0 radical (unpaired) electrons. The van der Waals surface area contributed by atoms with Crippen molar-refractivity contribution >= 4 is 5.78 Å². The third kappa shape index (κ3) is 3.22. The molecule has 1 aromatic heterocycles. The van der Waals surface area contributed by atoms with Crippen LogP contribution in [0.5, 0.6) is 0 Å². The Morgan fingerprint density at radius 3 is 2.94 bits per heavy atom. The molecule has 0 fully saturated rings. The molecule has 0 aromatic carbocycles. The van der Waals surface area contributed by atoms with E-state index in [0.717, 1.165) is 44.6 Å². The minimum atomic E-state index is 0.302. The Balaban J connectivity index is 1.82. The number of nitrogens with zero attached hydrogens (tertiary/aromatic N) is 1. The first-order chi connectivity index (χ1) is 8.68. The van der Waals surface area contributed by atoms with Crippen LogP contribution in [0, 0.1) is 5.92 Å². The van der Waals surface area contributed by atoms with Crippen LogP contribution in [0.2, 0.25) is 0 Å². The summed E-state index contributed by atoms with van der Waals surface area (Å²) in [6.45, 7) is 6.84. The highest BCUT2D eigenvalue weighted by molar-refractivity contribution is 5.98. The molecule has 1 heterocycles. The van der Waals surface area contributed by atoms with E-state index in [4.69, 9.17) is 4.74 Å². The predicted molar refractivity (Wildman–Crippen MR) is 72.0 cm³/mol. The Bertz CT molecular complexity index is 407. The number of rotatable bonds is 6. The maximum atomic E-state index is 11.7. The Kier molecular flexibility index (Phi) is 4.59. The van der Waals surface area contributed by atoms with E-state index >= 15 is 0 Å². The van der Waals surface area contributed by atoms with Crippen molar-refractivity contribution in [3.63, 3.8) is 0 Å². The van der Waals surface area contributed by atoms with Crippen molar-refractivity contribution in [3.8, 4) is 0 Å². The first-order valence-electron chi connectivity index (χ1n) is 6.97. The van der Waals surface area contributed by atoms with Gasteiger partial charge in [-0.25, -0.2) is 0 Å². The van der Waals surface area contributed by atoms with E-state index < -0.39 is 0 Å². The molecule has 1 aliphatic rings. The summed E-state index contributed by atoms with van der Waals surface area (Å²) in [5, 5.41) is 0. The molecule has 0 saturated carbocycles. The second-order valence-electron chi connectivity index (χ2n) is 5.44. The van der Waals surface area contributed by atoms with E-state index in [1.807, 2.05) is 12.3 Å².